The topological polar surface area (TPSA) is 71.3 Å². The maximum absolute atomic E-state index is 12.2. The number of nitrogens with one attached hydrogen (secondary N) is 1. The van der Waals surface area contributed by atoms with Crippen LogP contribution in [0, 0.1) is 0 Å². The van der Waals surface area contributed by atoms with Gasteiger partial charge in [-0.2, -0.15) is 0 Å². The van der Waals surface area contributed by atoms with E-state index in [0.29, 0.717) is 11.6 Å². The van der Waals surface area contributed by atoms with Crippen molar-refractivity contribution in [3.05, 3.63) is 29.1 Å². The molecule has 0 unspecified atom stereocenters. The summed E-state index contributed by atoms with van der Waals surface area (Å²) in [4.78, 5) is 18.7. The molecule has 1 aliphatic carbocycles. The molecule has 1 N–H and O–H groups in total. The van der Waals surface area contributed by atoms with Crippen LogP contribution in [0.4, 0.5) is 5.13 Å². The Morgan fingerprint density at radius 1 is 1.43 bits per heavy atom. The number of hydrogen-bond donors (Lipinski definition) is 1. The zero-order valence-corrected chi connectivity index (χ0v) is 12.3. The van der Waals surface area contributed by atoms with Gasteiger partial charge < -0.3 is 14.7 Å². The van der Waals surface area contributed by atoms with Crippen molar-refractivity contribution in [2.75, 3.05) is 18.0 Å². The molecule has 2 fully saturated rings. The maximum atomic E-state index is 12.2. The van der Waals surface area contributed by atoms with Gasteiger partial charge in [0.25, 0.3) is 5.91 Å². The minimum atomic E-state index is -0.142. The van der Waals surface area contributed by atoms with Gasteiger partial charge in [-0.15, -0.1) is 11.3 Å². The Morgan fingerprint density at radius 3 is 3.10 bits per heavy atom. The van der Waals surface area contributed by atoms with Crippen molar-refractivity contribution in [3.8, 4) is 0 Å². The number of rotatable bonds is 4. The fourth-order valence-electron chi connectivity index (χ4n) is 2.64. The number of carbonyl (C=O) groups excluding carboxylic acids is 1. The van der Waals surface area contributed by atoms with Gasteiger partial charge in [0.1, 0.15) is 5.76 Å². The summed E-state index contributed by atoms with van der Waals surface area (Å²) in [6.45, 7) is 1.72. The van der Waals surface area contributed by atoms with E-state index in [-0.39, 0.29) is 11.9 Å². The molecule has 1 aliphatic heterocycles. The zero-order valence-electron chi connectivity index (χ0n) is 11.5. The van der Waals surface area contributed by atoms with Crippen molar-refractivity contribution in [2.24, 2.45) is 0 Å². The SMILES string of the molecule is O=C(N[C@@H]1CCN(c2nccs2)C1)c1cc(C2CC2)on1. The second-order valence-corrected chi connectivity index (χ2v) is 6.48. The highest BCUT2D eigenvalue weighted by Gasteiger charge is 2.30. The molecule has 3 heterocycles. The second kappa shape index (κ2) is 5.14. The third-order valence-corrected chi connectivity index (χ3v) is 4.79. The maximum Gasteiger partial charge on any atom is 0.273 e. The molecule has 2 aromatic heterocycles. The quantitative estimate of drug-likeness (QED) is 0.935. The van der Waals surface area contributed by atoms with Crippen molar-refractivity contribution in [3.63, 3.8) is 0 Å². The molecule has 0 aromatic carbocycles. The molecule has 1 amide bonds. The number of amides is 1. The lowest BCUT2D eigenvalue weighted by Crippen LogP contribution is -2.37. The monoisotopic (exact) mass is 304 g/mol. The molecule has 7 heteroatoms. The highest BCUT2D eigenvalue weighted by atomic mass is 32.1. The van der Waals surface area contributed by atoms with E-state index in [9.17, 15) is 4.79 Å². The van der Waals surface area contributed by atoms with Crippen LogP contribution < -0.4 is 10.2 Å². The van der Waals surface area contributed by atoms with Gasteiger partial charge in [0.2, 0.25) is 0 Å². The Kier molecular flexibility index (Phi) is 3.14. The van der Waals surface area contributed by atoms with Crippen molar-refractivity contribution in [1.82, 2.24) is 15.5 Å². The van der Waals surface area contributed by atoms with Crippen LogP contribution in [-0.2, 0) is 0 Å². The first-order chi connectivity index (χ1) is 10.3. The molecule has 2 aliphatic rings. The highest BCUT2D eigenvalue weighted by Crippen LogP contribution is 2.40. The summed E-state index contributed by atoms with van der Waals surface area (Å²) in [5, 5.41) is 9.90. The number of nitrogens with zero attached hydrogens (tertiary/aromatic N) is 3. The first-order valence-corrected chi connectivity index (χ1v) is 8.09. The van der Waals surface area contributed by atoms with Gasteiger partial charge >= 0.3 is 0 Å². The summed E-state index contributed by atoms with van der Waals surface area (Å²) in [6.07, 6.45) is 5.02. The third-order valence-electron chi connectivity index (χ3n) is 3.95. The molecule has 1 atom stereocenters. The molecule has 0 spiro atoms. The molecule has 0 bridgehead atoms. The smallest absolute Gasteiger partial charge is 0.273 e. The number of hydrogen-bond acceptors (Lipinski definition) is 6. The van der Waals surface area contributed by atoms with E-state index in [2.05, 4.69) is 20.4 Å². The molecule has 1 saturated carbocycles. The van der Waals surface area contributed by atoms with Crippen molar-refractivity contribution in [1.29, 1.82) is 0 Å². The minimum absolute atomic E-state index is 0.141. The largest absolute Gasteiger partial charge is 0.360 e. The van der Waals surface area contributed by atoms with Crippen molar-refractivity contribution >= 4 is 22.4 Å². The molecule has 4 rings (SSSR count). The molecule has 6 nitrogen and oxygen atoms in total. The van der Waals surface area contributed by atoms with Crippen LogP contribution in [0.5, 0.6) is 0 Å². The lowest BCUT2D eigenvalue weighted by atomic mass is 10.2. The average Bonchev–Trinajstić information content (AvgIpc) is 2.95. The summed E-state index contributed by atoms with van der Waals surface area (Å²) in [5.41, 5.74) is 0.393. The fraction of sp³-hybridized carbons (Fsp3) is 0.500. The van der Waals surface area contributed by atoms with Gasteiger partial charge in [0.15, 0.2) is 10.8 Å². The van der Waals surface area contributed by atoms with Crippen molar-refractivity contribution in [2.45, 2.75) is 31.2 Å². The van der Waals surface area contributed by atoms with E-state index in [1.165, 1.54) is 0 Å². The third kappa shape index (κ3) is 2.65. The number of aromatic nitrogens is 2. The summed E-state index contributed by atoms with van der Waals surface area (Å²) in [5.74, 6) is 1.18. The van der Waals surface area contributed by atoms with E-state index in [4.69, 9.17) is 4.52 Å². The summed E-state index contributed by atoms with van der Waals surface area (Å²) in [7, 11) is 0. The van der Waals surface area contributed by atoms with E-state index >= 15 is 0 Å². The van der Waals surface area contributed by atoms with Gasteiger partial charge in [-0.25, -0.2) is 4.98 Å². The van der Waals surface area contributed by atoms with E-state index < -0.39 is 0 Å². The van der Waals surface area contributed by atoms with Crippen LogP contribution >= 0.6 is 11.3 Å². The standard InChI is InChI=1S/C14H16N4O2S/c19-13(11-7-12(20-17-11)9-1-2-9)16-10-3-5-18(8-10)14-15-4-6-21-14/h4,6-7,9-10H,1-3,5,8H2,(H,16,19)/t10-/m1/s1. The van der Waals surface area contributed by atoms with E-state index in [1.54, 1.807) is 23.6 Å². The van der Waals surface area contributed by atoms with Crippen LogP contribution in [-0.4, -0.2) is 35.2 Å². The Bertz CT molecular complexity index is 635. The molecule has 21 heavy (non-hydrogen) atoms. The molecule has 1 saturated heterocycles. The minimum Gasteiger partial charge on any atom is -0.360 e. The van der Waals surface area contributed by atoms with Gasteiger partial charge in [-0.3, -0.25) is 4.79 Å². The predicted octanol–water partition coefficient (Wildman–Crippen LogP) is 2.02. The summed E-state index contributed by atoms with van der Waals surface area (Å²) >= 11 is 1.63. The van der Waals surface area contributed by atoms with Gasteiger partial charge in [0, 0.05) is 42.7 Å². The van der Waals surface area contributed by atoms with Crippen LogP contribution in [0.1, 0.15) is 41.4 Å². The summed E-state index contributed by atoms with van der Waals surface area (Å²) < 4.78 is 5.22. The average molecular weight is 304 g/mol. The Labute approximate surface area is 126 Å². The van der Waals surface area contributed by atoms with Crippen LogP contribution in [0.15, 0.2) is 22.2 Å². The van der Waals surface area contributed by atoms with Gasteiger partial charge in [-0.05, 0) is 19.3 Å². The lowest BCUT2D eigenvalue weighted by Gasteiger charge is -2.15. The molecular formula is C14H16N4O2S. The van der Waals surface area contributed by atoms with E-state index in [1.807, 2.05) is 5.38 Å². The number of thiazole rings is 1. The normalized spacial score (nSPS) is 21.7. The zero-order chi connectivity index (χ0) is 14.2. The molecule has 2 aromatic rings. The highest BCUT2D eigenvalue weighted by molar-refractivity contribution is 7.13. The van der Waals surface area contributed by atoms with Gasteiger partial charge in [0.05, 0.1) is 0 Å². The lowest BCUT2D eigenvalue weighted by molar-refractivity contribution is 0.0931. The van der Waals surface area contributed by atoms with Crippen LogP contribution in [0.3, 0.4) is 0 Å². The van der Waals surface area contributed by atoms with Crippen LogP contribution in [0.25, 0.3) is 0 Å². The van der Waals surface area contributed by atoms with E-state index in [0.717, 1.165) is 43.2 Å². The Balaban J connectivity index is 1.36. The first-order valence-electron chi connectivity index (χ1n) is 7.21. The van der Waals surface area contributed by atoms with Gasteiger partial charge in [-0.1, -0.05) is 5.16 Å². The Hall–Kier alpha value is -1.89. The molecule has 0 radical (unpaired) electrons. The Morgan fingerprint density at radius 2 is 2.33 bits per heavy atom. The fourth-order valence-corrected chi connectivity index (χ4v) is 3.32. The molecular weight excluding hydrogens is 288 g/mol. The van der Waals surface area contributed by atoms with Crippen molar-refractivity contribution < 1.29 is 9.32 Å². The summed E-state index contributed by atoms with van der Waals surface area (Å²) in [6, 6.07) is 1.92. The predicted molar refractivity (Wildman–Crippen MR) is 78.7 cm³/mol. The van der Waals surface area contributed by atoms with Crippen LogP contribution in [0.2, 0.25) is 0 Å². The first kappa shape index (κ1) is 12.8. The number of anilines is 1. The molecule has 110 valence electrons. The second-order valence-electron chi connectivity index (χ2n) is 5.61. The number of carbonyl (C=O) groups is 1.